The predicted octanol–water partition coefficient (Wildman–Crippen LogP) is 1.79. The summed E-state index contributed by atoms with van der Waals surface area (Å²) in [5.41, 5.74) is 0. The van der Waals surface area contributed by atoms with E-state index in [1.807, 2.05) is 0 Å². The predicted molar refractivity (Wildman–Crippen MR) is 51.4 cm³/mol. The summed E-state index contributed by atoms with van der Waals surface area (Å²) in [5, 5.41) is 4.71. The molecule has 1 aliphatic carbocycles. The quantitative estimate of drug-likeness (QED) is 0.435. The number of quaternary nitrogens is 1. The molecule has 1 unspecified atom stereocenters. The number of hydrogen-bond donors (Lipinski definition) is 0. The van der Waals surface area contributed by atoms with Gasteiger partial charge in [-0.05, 0) is 12.8 Å². The molecule has 2 rings (SSSR count). The summed E-state index contributed by atoms with van der Waals surface area (Å²) >= 11 is 0. The normalized spacial score (nSPS) is 36.3. The third-order valence-electron chi connectivity index (χ3n) is 3.59. The maximum atomic E-state index is 4.71. The van der Waals surface area contributed by atoms with Crippen LogP contribution in [0.2, 0.25) is 0 Å². The molecule has 1 heterocycles. The highest BCUT2D eigenvalue weighted by Gasteiger charge is 2.42. The van der Waals surface area contributed by atoms with E-state index in [1.165, 1.54) is 38.6 Å². The van der Waals surface area contributed by atoms with Crippen LogP contribution in [0, 0.1) is 0 Å². The van der Waals surface area contributed by atoms with E-state index in [4.69, 9.17) is 5.22 Å². The minimum Gasteiger partial charge on any atom is -0.138 e. The van der Waals surface area contributed by atoms with Crippen molar-refractivity contribution < 1.29 is 9.29 Å². The molecule has 0 bridgehead atoms. The largest absolute Gasteiger partial charge is 0.224 e. The van der Waals surface area contributed by atoms with E-state index in [0.29, 0.717) is 0 Å². The Bertz CT molecular complexity index is 218. The monoisotopic (exact) mass is 183 g/mol. The van der Waals surface area contributed by atoms with E-state index in [0.717, 1.165) is 17.2 Å². The van der Waals surface area contributed by atoms with Gasteiger partial charge in [-0.3, -0.25) is 0 Å². The molecule has 1 saturated carbocycles. The summed E-state index contributed by atoms with van der Waals surface area (Å²) < 4.78 is 3.06. The van der Waals surface area contributed by atoms with Crippen LogP contribution in [0.5, 0.6) is 0 Å². The Morgan fingerprint density at radius 1 is 1.23 bits per heavy atom. The van der Waals surface area contributed by atoms with E-state index in [2.05, 4.69) is 18.8 Å². The Labute approximate surface area is 80.6 Å². The number of rotatable bonds is 1. The molecule has 0 aromatic rings. The zero-order valence-corrected chi connectivity index (χ0v) is 8.87. The van der Waals surface area contributed by atoms with Gasteiger partial charge in [0.05, 0.1) is 7.05 Å². The van der Waals surface area contributed by atoms with Crippen molar-refractivity contribution in [2.45, 2.75) is 38.1 Å². The summed E-state index contributed by atoms with van der Waals surface area (Å²) in [7, 11) is 4.38. The maximum absolute atomic E-state index is 4.71. The molecule has 0 saturated heterocycles. The molecule has 3 heteroatoms. The van der Waals surface area contributed by atoms with E-state index in [1.54, 1.807) is 0 Å². The molecule has 1 atom stereocenters. The van der Waals surface area contributed by atoms with Crippen LogP contribution >= 0.6 is 0 Å². The molecule has 0 radical (unpaired) electrons. The summed E-state index contributed by atoms with van der Waals surface area (Å²) in [6.45, 7) is 2.34. The third-order valence-corrected chi connectivity index (χ3v) is 3.59. The molecule has 74 valence electrons. The van der Waals surface area contributed by atoms with Crippen molar-refractivity contribution in [3.63, 3.8) is 0 Å². The number of likely N-dealkylation sites (N-methyl/N-ethyl adjacent to an activating group) is 2. The molecule has 0 aromatic heterocycles. The first-order valence-electron chi connectivity index (χ1n) is 5.50. The van der Waals surface area contributed by atoms with Crippen LogP contribution in [-0.4, -0.2) is 42.5 Å². The Morgan fingerprint density at radius 3 is 2.46 bits per heavy atom. The first-order chi connectivity index (χ1) is 6.21. The zero-order chi connectivity index (χ0) is 9.31. The van der Waals surface area contributed by atoms with Crippen LogP contribution in [0.3, 0.4) is 0 Å². The SMILES string of the molecule is C[N+]1=N[N+](C)(C2CCCCC2)CC1. The molecule has 0 N–H and O–H groups in total. The van der Waals surface area contributed by atoms with Crippen LogP contribution in [0.1, 0.15) is 32.1 Å². The minimum atomic E-state index is 0.804. The van der Waals surface area contributed by atoms with Gasteiger partial charge in [-0.15, -0.1) is 4.59 Å². The molecule has 0 spiro atoms. The van der Waals surface area contributed by atoms with Crippen molar-refractivity contribution in [1.82, 2.24) is 0 Å². The van der Waals surface area contributed by atoms with E-state index >= 15 is 0 Å². The lowest BCUT2D eigenvalue weighted by Crippen LogP contribution is -2.47. The van der Waals surface area contributed by atoms with Gasteiger partial charge in [0, 0.05) is 12.8 Å². The molecule has 0 aromatic carbocycles. The number of nitrogens with zero attached hydrogens (tertiary/aromatic N) is 3. The Balaban J connectivity index is 2.05. The topological polar surface area (TPSA) is 15.4 Å². The second kappa shape index (κ2) is 3.37. The molecule has 13 heavy (non-hydrogen) atoms. The van der Waals surface area contributed by atoms with Crippen LogP contribution in [0.4, 0.5) is 0 Å². The van der Waals surface area contributed by atoms with Crippen LogP contribution in [-0.2, 0) is 0 Å². The summed E-state index contributed by atoms with van der Waals surface area (Å²) in [6, 6.07) is 0.804. The fourth-order valence-corrected chi connectivity index (χ4v) is 2.68. The summed E-state index contributed by atoms with van der Waals surface area (Å²) in [6.07, 6.45) is 7.03. The maximum Gasteiger partial charge on any atom is 0.224 e. The van der Waals surface area contributed by atoms with Gasteiger partial charge in [0.1, 0.15) is 6.04 Å². The molecule has 1 fully saturated rings. The standard InChI is InChI=1S/C10H21N3/c1-12-8-9-13(2,11-12)10-6-4-3-5-7-10/h10H,3-9H2,1-2H3/q+2. The lowest BCUT2D eigenvalue weighted by molar-refractivity contribution is -0.956. The van der Waals surface area contributed by atoms with E-state index in [-0.39, 0.29) is 0 Å². The second-order valence-electron chi connectivity index (χ2n) is 4.70. The molecule has 3 nitrogen and oxygen atoms in total. The van der Waals surface area contributed by atoms with Crippen LogP contribution in [0.25, 0.3) is 0 Å². The fourth-order valence-electron chi connectivity index (χ4n) is 2.68. The van der Waals surface area contributed by atoms with Gasteiger partial charge < -0.3 is 0 Å². The van der Waals surface area contributed by atoms with Crippen LogP contribution < -0.4 is 0 Å². The van der Waals surface area contributed by atoms with Crippen molar-refractivity contribution in [2.75, 3.05) is 27.2 Å². The first-order valence-corrected chi connectivity index (χ1v) is 5.50. The lowest BCUT2D eigenvalue weighted by Gasteiger charge is -2.31. The average molecular weight is 183 g/mol. The van der Waals surface area contributed by atoms with Crippen molar-refractivity contribution in [3.8, 4) is 0 Å². The van der Waals surface area contributed by atoms with E-state index in [9.17, 15) is 0 Å². The van der Waals surface area contributed by atoms with Crippen molar-refractivity contribution in [1.29, 1.82) is 0 Å². The third kappa shape index (κ3) is 1.75. The average Bonchev–Trinajstić information content (AvgIpc) is 2.49. The molecule has 1 aliphatic heterocycles. The highest BCUT2D eigenvalue weighted by atomic mass is 15.7. The first kappa shape index (κ1) is 9.13. The summed E-state index contributed by atoms with van der Waals surface area (Å²) in [5.74, 6) is 0. The Morgan fingerprint density at radius 2 is 1.92 bits per heavy atom. The lowest BCUT2D eigenvalue weighted by atomic mass is 9.94. The van der Waals surface area contributed by atoms with Gasteiger partial charge in [-0.2, -0.15) is 0 Å². The van der Waals surface area contributed by atoms with Gasteiger partial charge in [-0.1, -0.05) is 11.1 Å². The van der Waals surface area contributed by atoms with Gasteiger partial charge in [0.25, 0.3) is 0 Å². The summed E-state index contributed by atoms with van der Waals surface area (Å²) in [4.78, 5) is 0. The molecule has 0 amide bonds. The van der Waals surface area contributed by atoms with Crippen molar-refractivity contribution in [2.24, 2.45) is 5.22 Å². The molecule has 2 aliphatic rings. The molecular weight excluding hydrogens is 162 g/mol. The van der Waals surface area contributed by atoms with E-state index < -0.39 is 0 Å². The van der Waals surface area contributed by atoms with Gasteiger partial charge in [0.15, 0.2) is 18.8 Å². The second-order valence-corrected chi connectivity index (χ2v) is 4.70. The minimum absolute atomic E-state index is 0.804. The number of hydrogen-bond acceptors (Lipinski definition) is 1. The van der Waals surface area contributed by atoms with Gasteiger partial charge >= 0.3 is 0 Å². The smallest absolute Gasteiger partial charge is 0.138 e. The highest BCUT2D eigenvalue weighted by Crippen LogP contribution is 2.28. The van der Waals surface area contributed by atoms with Crippen molar-refractivity contribution in [3.05, 3.63) is 0 Å². The fraction of sp³-hybridized carbons (Fsp3) is 1.00. The highest BCUT2D eigenvalue weighted by molar-refractivity contribution is 4.65. The van der Waals surface area contributed by atoms with Gasteiger partial charge in [0.2, 0.25) is 6.54 Å². The Hall–Kier alpha value is -0.440. The van der Waals surface area contributed by atoms with Crippen molar-refractivity contribution >= 4 is 0 Å². The van der Waals surface area contributed by atoms with Gasteiger partial charge in [-0.25, -0.2) is 0 Å². The van der Waals surface area contributed by atoms with Crippen LogP contribution in [0.15, 0.2) is 5.22 Å². The Kier molecular flexibility index (Phi) is 2.37. The molecular formula is C10H21N3+2. The zero-order valence-electron chi connectivity index (χ0n) is 8.87.